The van der Waals surface area contributed by atoms with Crippen LogP contribution in [0.25, 0.3) is 0 Å². The lowest BCUT2D eigenvalue weighted by molar-refractivity contribution is 0.0299. The lowest BCUT2D eigenvalue weighted by atomic mass is 9.82. The standard InChI is InChI=1S/C14H24N4O/c1-4-15-13-16-9-11(2)12(18-13)17-10-14(3)5-7-19-8-6-14/h9H,4-8,10H2,1-3H3,(H2,15,16,17,18). The highest BCUT2D eigenvalue weighted by Gasteiger charge is 2.27. The number of ether oxygens (including phenoxy) is 1. The first-order chi connectivity index (χ1) is 9.13. The Labute approximate surface area is 115 Å². The molecule has 2 rings (SSSR count). The second-order valence-electron chi connectivity index (χ2n) is 5.53. The molecule has 1 fully saturated rings. The van der Waals surface area contributed by atoms with Crippen LogP contribution in [0.1, 0.15) is 32.3 Å². The third kappa shape index (κ3) is 3.80. The average molecular weight is 264 g/mol. The first-order valence-corrected chi connectivity index (χ1v) is 7.02. The van der Waals surface area contributed by atoms with Crippen molar-refractivity contribution in [2.24, 2.45) is 5.41 Å². The fraction of sp³-hybridized carbons (Fsp3) is 0.714. The second kappa shape index (κ2) is 6.19. The minimum absolute atomic E-state index is 0.300. The molecule has 5 nitrogen and oxygen atoms in total. The summed E-state index contributed by atoms with van der Waals surface area (Å²) in [5.41, 5.74) is 1.38. The van der Waals surface area contributed by atoms with Gasteiger partial charge in [-0.05, 0) is 32.1 Å². The van der Waals surface area contributed by atoms with Crippen molar-refractivity contribution in [3.8, 4) is 0 Å². The predicted molar refractivity (Wildman–Crippen MR) is 77.6 cm³/mol. The molecule has 0 aromatic carbocycles. The summed E-state index contributed by atoms with van der Waals surface area (Å²) < 4.78 is 5.43. The molecule has 1 saturated heterocycles. The van der Waals surface area contributed by atoms with Gasteiger partial charge in [-0.15, -0.1) is 0 Å². The molecule has 0 aliphatic carbocycles. The number of hydrogen-bond donors (Lipinski definition) is 2. The van der Waals surface area contributed by atoms with Crippen LogP contribution >= 0.6 is 0 Å². The van der Waals surface area contributed by atoms with Crippen LogP contribution < -0.4 is 10.6 Å². The number of aryl methyl sites for hydroxylation is 1. The van der Waals surface area contributed by atoms with Crippen molar-refractivity contribution in [3.63, 3.8) is 0 Å². The van der Waals surface area contributed by atoms with Gasteiger partial charge in [-0.25, -0.2) is 4.98 Å². The van der Waals surface area contributed by atoms with E-state index in [0.717, 1.165) is 50.5 Å². The Hall–Kier alpha value is -1.36. The van der Waals surface area contributed by atoms with E-state index in [1.165, 1.54) is 0 Å². The van der Waals surface area contributed by atoms with Crippen LogP contribution in [-0.4, -0.2) is 36.3 Å². The van der Waals surface area contributed by atoms with Crippen molar-refractivity contribution in [2.45, 2.75) is 33.6 Å². The summed E-state index contributed by atoms with van der Waals surface area (Å²) in [6.45, 7) is 9.87. The smallest absolute Gasteiger partial charge is 0.224 e. The zero-order chi connectivity index (χ0) is 13.7. The zero-order valence-electron chi connectivity index (χ0n) is 12.1. The maximum atomic E-state index is 5.43. The number of nitrogens with one attached hydrogen (secondary N) is 2. The van der Waals surface area contributed by atoms with Crippen molar-refractivity contribution >= 4 is 11.8 Å². The van der Waals surface area contributed by atoms with Crippen LogP contribution in [0.5, 0.6) is 0 Å². The summed E-state index contributed by atoms with van der Waals surface area (Å²) in [5, 5.41) is 6.62. The zero-order valence-corrected chi connectivity index (χ0v) is 12.1. The molecule has 0 atom stereocenters. The van der Waals surface area contributed by atoms with E-state index in [1.54, 1.807) is 0 Å². The summed E-state index contributed by atoms with van der Waals surface area (Å²) in [6.07, 6.45) is 4.06. The Bertz CT molecular complexity index is 416. The Kier molecular flexibility index (Phi) is 4.58. The van der Waals surface area contributed by atoms with Crippen LogP contribution in [-0.2, 0) is 4.74 Å². The van der Waals surface area contributed by atoms with E-state index in [2.05, 4.69) is 27.5 Å². The molecular weight excluding hydrogens is 240 g/mol. The molecule has 0 unspecified atom stereocenters. The normalized spacial score (nSPS) is 18.1. The molecule has 106 valence electrons. The van der Waals surface area contributed by atoms with Gasteiger partial charge in [0.2, 0.25) is 5.95 Å². The highest BCUT2D eigenvalue weighted by atomic mass is 16.5. The van der Waals surface area contributed by atoms with E-state index in [0.29, 0.717) is 11.4 Å². The quantitative estimate of drug-likeness (QED) is 0.855. The molecule has 1 aromatic rings. The maximum absolute atomic E-state index is 5.43. The minimum Gasteiger partial charge on any atom is -0.381 e. The summed E-state index contributed by atoms with van der Waals surface area (Å²) in [6, 6.07) is 0. The van der Waals surface area contributed by atoms with E-state index in [-0.39, 0.29) is 0 Å². The number of aromatic nitrogens is 2. The molecule has 0 bridgehead atoms. The van der Waals surface area contributed by atoms with Gasteiger partial charge in [0, 0.05) is 38.1 Å². The van der Waals surface area contributed by atoms with Crippen molar-refractivity contribution in [2.75, 3.05) is 36.9 Å². The van der Waals surface area contributed by atoms with Crippen LogP contribution in [0, 0.1) is 12.3 Å². The molecule has 0 amide bonds. The fourth-order valence-electron chi connectivity index (χ4n) is 2.20. The van der Waals surface area contributed by atoms with Gasteiger partial charge in [0.15, 0.2) is 0 Å². The third-order valence-electron chi connectivity index (χ3n) is 3.69. The summed E-state index contributed by atoms with van der Waals surface area (Å²) in [4.78, 5) is 8.77. The lowest BCUT2D eigenvalue weighted by Crippen LogP contribution is -2.33. The van der Waals surface area contributed by atoms with Crippen molar-refractivity contribution in [1.29, 1.82) is 0 Å². The highest BCUT2D eigenvalue weighted by Crippen LogP contribution is 2.30. The monoisotopic (exact) mass is 264 g/mol. The van der Waals surface area contributed by atoms with Crippen LogP contribution in [0.2, 0.25) is 0 Å². The molecule has 2 heterocycles. The van der Waals surface area contributed by atoms with Crippen molar-refractivity contribution in [3.05, 3.63) is 11.8 Å². The van der Waals surface area contributed by atoms with Gasteiger partial charge >= 0.3 is 0 Å². The summed E-state index contributed by atoms with van der Waals surface area (Å²) in [7, 11) is 0. The Morgan fingerprint density at radius 1 is 1.32 bits per heavy atom. The van der Waals surface area contributed by atoms with Crippen LogP contribution in [0.15, 0.2) is 6.20 Å². The average Bonchev–Trinajstić information content (AvgIpc) is 2.41. The van der Waals surface area contributed by atoms with E-state index in [9.17, 15) is 0 Å². The first kappa shape index (κ1) is 14.1. The number of rotatable bonds is 5. The lowest BCUT2D eigenvalue weighted by Gasteiger charge is -2.33. The topological polar surface area (TPSA) is 59.1 Å². The molecule has 19 heavy (non-hydrogen) atoms. The maximum Gasteiger partial charge on any atom is 0.224 e. The third-order valence-corrected chi connectivity index (χ3v) is 3.69. The Morgan fingerprint density at radius 2 is 2.05 bits per heavy atom. The molecule has 1 aliphatic rings. The van der Waals surface area contributed by atoms with Gasteiger partial charge < -0.3 is 15.4 Å². The van der Waals surface area contributed by atoms with E-state index in [1.807, 2.05) is 20.0 Å². The SMILES string of the molecule is CCNc1ncc(C)c(NCC2(C)CCOCC2)n1. The Morgan fingerprint density at radius 3 is 2.74 bits per heavy atom. The largest absolute Gasteiger partial charge is 0.381 e. The van der Waals surface area contributed by atoms with Gasteiger partial charge in [-0.3, -0.25) is 0 Å². The molecule has 2 N–H and O–H groups in total. The number of anilines is 2. The molecule has 0 spiro atoms. The van der Waals surface area contributed by atoms with E-state index in [4.69, 9.17) is 4.74 Å². The molecule has 5 heteroatoms. The Balaban J connectivity index is 1.99. The van der Waals surface area contributed by atoms with E-state index >= 15 is 0 Å². The molecule has 0 radical (unpaired) electrons. The van der Waals surface area contributed by atoms with Gasteiger partial charge in [0.25, 0.3) is 0 Å². The molecular formula is C14H24N4O. The van der Waals surface area contributed by atoms with Crippen molar-refractivity contribution in [1.82, 2.24) is 9.97 Å². The van der Waals surface area contributed by atoms with Crippen LogP contribution in [0.3, 0.4) is 0 Å². The molecule has 1 aliphatic heterocycles. The van der Waals surface area contributed by atoms with E-state index < -0.39 is 0 Å². The van der Waals surface area contributed by atoms with Crippen LogP contribution in [0.4, 0.5) is 11.8 Å². The predicted octanol–water partition coefficient (Wildman–Crippen LogP) is 2.45. The highest BCUT2D eigenvalue weighted by molar-refractivity contribution is 5.46. The van der Waals surface area contributed by atoms with Gasteiger partial charge in [0.1, 0.15) is 5.82 Å². The van der Waals surface area contributed by atoms with Gasteiger partial charge in [-0.2, -0.15) is 4.98 Å². The number of hydrogen-bond acceptors (Lipinski definition) is 5. The second-order valence-corrected chi connectivity index (χ2v) is 5.53. The molecule has 1 aromatic heterocycles. The van der Waals surface area contributed by atoms with Crippen molar-refractivity contribution < 1.29 is 4.74 Å². The number of nitrogens with zero attached hydrogens (tertiary/aromatic N) is 2. The van der Waals surface area contributed by atoms with Gasteiger partial charge in [-0.1, -0.05) is 6.92 Å². The summed E-state index contributed by atoms with van der Waals surface area (Å²) in [5.74, 6) is 1.62. The minimum atomic E-state index is 0.300. The fourth-order valence-corrected chi connectivity index (χ4v) is 2.20. The molecule has 0 saturated carbocycles. The summed E-state index contributed by atoms with van der Waals surface area (Å²) >= 11 is 0. The first-order valence-electron chi connectivity index (χ1n) is 7.02. The van der Waals surface area contributed by atoms with Gasteiger partial charge in [0.05, 0.1) is 0 Å².